The first-order valence-corrected chi connectivity index (χ1v) is 10.6. The van der Waals surface area contributed by atoms with E-state index in [9.17, 15) is 9.59 Å². The largest absolute Gasteiger partial charge is 0.497 e. The van der Waals surface area contributed by atoms with Gasteiger partial charge in [0.25, 0.3) is 11.8 Å². The number of nitrogens with one attached hydrogen (secondary N) is 3. The van der Waals surface area contributed by atoms with Gasteiger partial charge in [-0.1, -0.05) is 18.2 Å². The van der Waals surface area contributed by atoms with E-state index in [0.717, 1.165) is 17.0 Å². The second kappa shape index (κ2) is 10.8. The van der Waals surface area contributed by atoms with Crippen molar-refractivity contribution in [3.8, 4) is 22.8 Å². The standard InChI is InChI=1S/C26H23N5O4/c1-34-20-12-10-17(11-13-20)24-19(15-27-30-24)16-28-31-26(33)22-8-3-4-9-23(22)29-25(32)18-6-5-7-21(14-18)35-2/h3-16H,1-2H3,(H,27,30)(H,29,32)(H,31,33)/b28-16+. The van der Waals surface area contributed by atoms with Crippen LogP contribution >= 0.6 is 0 Å². The van der Waals surface area contributed by atoms with Crippen molar-refractivity contribution in [3.05, 3.63) is 95.7 Å². The van der Waals surface area contributed by atoms with Crippen LogP contribution in [0.3, 0.4) is 0 Å². The summed E-state index contributed by atoms with van der Waals surface area (Å²) in [4.78, 5) is 25.5. The van der Waals surface area contributed by atoms with E-state index in [1.165, 1.54) is 13.3 Å². The molecule has 0 saturated carbocycles. The summed E-state index contributed by atoms with van der Waals surface area (Å²) in [5.41, 5.74) is 5.86. The molecule has 1 aromatic heterocycles. The van der Waals surface area contributed by atoms with Gasteiger partial charge in [0.2, 0.25) is 0 Å². The van der Waals surface area contributed by atoms with Gasteiger partial charge in [-0.3, -0.25) is 14.7 Å². The lowest BCUT2D eigenvalue weighted by molar-refractivity contribution is 0.0956. The van der Waals surface area contributed by atoms with Gasteiger partial charge < -0.3 is 14.8 Å². The van der Waals surface area contributed by atoms with E-state index in [2.05, 4.69) is 26.0 Å². The third-order valence-electron chi connectivity index (χ3n) is 5.17. The van der Waals surface area contributed by atoms with Crippen molar-refractivity contribution in [2.45, 2.75) is 0 Å². The van der Waals surface area contributed by atoms with Gasteiger partial charge in [0, 0.05) is 16.7 Å². The molecule has 4 rings (SSSR count). The van der Waals surface area contributed by atoms with Crippen LogP contribution in [0, 0.1) is 0 Å². The van der Waals surface area contributed by atoms with Gasteiger partial charge in [-0.2, -0.15) is 10.2 Å². The molecule has 2 amide bonds. The van der Waals surface area contributed by atoms with Crippen molar-refractivity contribution in [2.24, 2.45) is 5.10 Å². The molecule has 0 fully saturated rings. The second-order valence-electron chi connectivity index (χ2n) is 7.36. The number of benzene rings is 3. The van der Waals surface area contributed by atoms with Crippen molar-refractivity contribution >= 4 is 23.7 Å². The van der Waals surface area contributed by atoms with Crippen molar-refractivity contribution in [3.63, 3.8) is 0 Å². The molecule has 3 aromatic carbocycles. The summed E-state index contributed by atoms with van der Waals surface area (Å²) in [5, 5.41) is 13.8. The summed E-state index contributed by atoms with van der Waals surface area (Å²) in [6.07, 6.45) is 3.11. The van der Waals surface area contributed by atoms with Crippen LogP contribution in [-0.2, 0) is 0 Å². The molecule has 0 bridgehead atoms. The van der Waals surface area contributed by atoms with E-state index in [0.29, 0.717) is 22.6 Å². The maximum atomic E-state index is 12.8. The van der Waals surface area contributed by atoms with E-state index >= 15 is 0 Å². The number of rotatable bonds is 8. The van der Waals surface area contributed by atoms with E-state index in [-0.39, 0.29) is 11.5 Å². The molecule has 1 heterocycles. The van der Waals surface area contributed by atoms with Crippen LogP contribution in [0.2, 0.25) is 0 Å². The first-order chi connectivity index (χ1) is 17.1. The Hall–Kier alpha value is -4.92. The van der Waals surface area contributed by atoms with Crippen LogP contribution in [0.4, 0.5) is 5.69 Å². The Balaban J connectivity index is 1.46. The zero-order valence-electron chi connectivity index (χ0n) is 19.1. The van der Waals surface area contributed by atoms with Crippen LogP contribution in [0.15, 0.2) is 84.1 Å². The van der Waals surface area contributed by atoms with Crippen molar-refractivity contribution in [1.82, 2.24) is 15.6 Å². The van der Waals surface area contributed by atoms with E-state index in [1.807, 2.05) is 24.3 Å². The maximum absolute atomic E-state index is 12.8. The number of methoxy groups -OCH3 is 2. The zero-order chi connectivity index (χ0) is 24.6. The number of hydrogen-bond donors (Lipinski definition) is 3. The number of hydrazone groups is 1. The molecule has 0 aliphatic heterocycles. The number of carbonyl (C=O) groups excluding carboxylic acids is 2. The fourth-order valence-corrected chi connectivity index (χ4v) is 3.35. The number of nitrogens with zero attached hydrogens (tertiary/aromatic N) is 2. The third kappa shape index (κ3) is 5.53. The fraction of sp³-hybridized carbons (Fsp3) is 0.0769. The fourth-order valence-electron chi connectivity index (χ4n) is 3.35. The first-order valence-electron chi connectivity index (χ1n) is 10.6. The molecule has 0 unspecified atom stereocenters. The van der Waals surface area contributed by atoms with Gasteiger partial charge in [0.05, 0.1) is 43.6 Å². The predicted octanol–water partition coefficient (Wildman–Crippen LogP) is 4.11. The molecular formula is C26H23N5O4. The lowest BCUT2D eigenvalue weighted by atomic mass is 10.1. The van der Waals surface area contributed by atoms with Gasteiger partial charge in [-0.25, -0.2) is 5.43 Å². The number of carbonyl (C=O) groups is 2. The molecule has 35 heavy (non-hydrogen) atoms. The highest BCUT2D eigenvalue weighted by atomic mass is 16.5. The highest BCUT2D eigenvalue weighted by Gasteiger charge is 2.14. The Morgan fingerprint density at radius 1 is 0.914 bits per heavy atom. The molecule has 9 nitrogen and oxygen atoms in total. The molecule has 0 aliphatic carbocycles. The number of amides is 2. The van der Waals surface area contributed by atoms with Gasteiger partial charge in [0.15, 0.2) is 0 Å². The lowest BCUT2D eigenvalue weighted by Gasteiger charge is -2.10. The molecule has 3 N–H and O–H groups in total. The quantitative estimate of drug-likeness (QED) is 0.265. The number of aromatic nitrogens is 2. The van der Waals surface area contributed by atoms with E-state index in [4.69, 9.17) is 9.47 Å². The minimum absolute atomic E-state index is 0.267. The smallest absolute Gasteiger partial charge is 0.273 e. The molecule has 0 radical (unpaired) electrons. The first kappa shape index (κ1) is 23.2. The molecule has 176 valence electrons. The lowest BCUT2D eigenvalue weighted by Crippen LogP contribution is -2.21. The van der Waals surface area contributed by atoms with Crippen molar-refractivity contribution < 1.29 is 19.1 Å². The van der Waals surface area contributed by atoms with Gasteiger partial charge in [-0.05, 0) is 54.6 Å². The van der Waals surface area contributed by atoms with Crippen LogP contribution in [-0.4, -0.2) is 42.4 Å². The summed E-state index contributed by atoms with van der Waals surface area (Å²) < 4.78 is 10.4. The van der Waals surface area contributed by atoms with Crippen LogP contribution < -0.4 is 20.2 Å². The van der Waals surface area contributed by atoms with Crippen LogP contribution in [0.5, 0.6) is 11.5 Å². The molecular weight excluding hydrogens is 446 g/mol. The summed E-state index contributed by atoms with van der Waals surface area (Å²) >= 11 is 0. The Morgan fingerprint density at radius 2 is 1.69 bits per heavy atom. The number of hydrogen-bond acceptors (Lipinski definition) is 6. The second-order valence-corrected chi connectivity index (χ2v) is 7.36. The minimum atomic E-state index is -0.475. The summed E-state index contributed by atoms with van der Waals surface area (Å²) in [6, 6.07) is 20.9. The number of anilines is 1. The van der Waals surface area contributed by atoms with Gasteiger partial charge in [0.1, 0.15) is 11.5 Å². The Bertz CT molecular complexity index is 1360. The van der Waals surface area contributed by atoms with Crippen molar-refractivity contribution in [2.75, 3.05) is 19.5 Å². The molecule has 4 aromatic rings. The average molecular weight is 470 g/mol. The molecule has 9 heteroatoms. The number of para-hydroxylation sites is 1. The summed E-state index contributed by atoms with van der Waals surface area (Å²) in [5.74, 6) is 0.464. The highest BCUT2D eigenvalue weighted by molar-refractivity contribution is 6.09. The number of aromatic amines is 1. The predicted molar refractivity (Wildman–Crippen MR) is 133 cm³/mol. The van der Waals surface area contributed by atoms with Crippen molar-refractivity contribution in [1.29, 1.82) is 0 Å². The van der Waals surface area contributed by atoms with Gasteiger partial charge in [-0.15, -0.1) is 0 Å². The highest BCUT2D eigenvalue weighted by Crippen LogP contribution is 2.23. The van der Waals surface area contributed by atoms with Crippen LogP contribution in [0.1, 0.15) is 26.3 Å². The maximum Gasteiger partial charge on any atom is 0.273 e. The Morgan fingerprint density at radius 3 is 2.46 bits per heavy atom. The minimum Gasteiger partial charge on any atom is -0.497 e. The number of H-pyrrole nitrogens is 1. The summed E-state index contributed by atoms with van der Waals surface area (Å²) in [6.45, 7) is 0. The van der Waals surface area contributed by atoms with Gasteiger partial charge >= 0.3 is 0 Å². The topological polar surface area (TPSA) is 118 Å². The molecule has 0 saturated heterocycles. The van der Waals surface area contributed by atoms with E-state index in [1.54, 1.807) is 61.8 Å². The monoisotopic (exact) mass is 469 g/mol. The third-order valence-corrected chi connectivity index (χ3v) is 5.17. The SMILES string of the molecule is COc1ccc(-c2[nH]ncc2/C=N/NC(=O)c2ccccc2NC(=O)c2cccc(OC)c2)cc1. The Labute approximate surface area is 201 Å². The molecule has 0 spiro atoms. The zero-order valence-corrected chi connectivity index (χ0v) is 19.1. The average Bonchev–Trinajstić information content (AvgIpc) is 3.37. The van der Waals surface area contributed by atoms with Crippen LogP contribution in [0.25, 0.3) is 11.3 Å². The Kier molecular flexibility index (Phi) is 7.17. The summed E-state index contributed by atoms with van der Waals surface area (Å²) in [7, 11) is 3.13. The molecule has 0 atom stereocenters. The van der Waals surface area contributed by atoms with E-state index < -0.39 is 5.91 Å². The number of ether oxygens (including phenoxy) is 2. The molecule has 0 aliphatic rings. The normalized spacial score (nSPS) is 10.7.